The second-order valence-corrected chi connectivity index (χ2v) is 15.4. The Balaban J connectivity index is 1.20. The number of rotatable bonds is 12. The van der Waals surface area contributed by atoms with Gasteiger partial charge in [0.05, 0.1) is 13.2 Å². The van der Waals surface area contributed by atoms with Crippen LogP contribution in [-0.4, -0.2) is 25.5 Å². The summed E-state index contributed by atoms with van der Waals surface area (Å²) in [6.07, 6.45) is 0.793. The molecule has 0 saturated heterocycles. The maximum absolute atomic E-state index is 14.1. The lowest BCUT2D eigenvalue weighted by Crippen LogP contribution is -2.21. The van der Waals surface area contributed by atoms with Crippen molar-refractivity contribution < 1.29 is 18.6 Å². The van der Waals surface area contributed by atoms with Crippen molar-refractivity contribution >= 4 is 35.5 Å². The summed E-state index contributed by atoms with van der Waals surface area (Å²) in [7, 11) is -5.66. The molecule has 40 heavy (non-hydrogen) atoms. The Kier molecular flexibility index (Phi) is 9.01. The minimum absolute atomic E-state index is 0.318. The maximum Gasteiger partial charge on any atom is 0.146 e. The molecule has 0 aliphatic rings. The molecule has 6 heteroatoms. The Morgan fingerprint density at radius 2 is 0.625 bits per heavy atom. The van der Waals surface area contributed by atoms with Crippen LogP contribution in [0.15, 0.2) is 146 Å². The first-order valence-corrected chi connectivity index (χ1v) is 17.1. The van der Waals surface area contributed by atoms with E-state index in [0.29, 0.717) is 37.0 Å². The first-order chi connectivity index (χ1) is 19.6. The van der Waals surface area contributed by atoms with E-state index in [2.05, 4.69) is 0 Å². The molecule has 0 saturated carbocycles. The monoisotopic (exact) mass is 566 g/mol. The maximum atomic E-state index is 14.1. The van der Waals surface area contributed by atoms with Gasteiger partial charge < -0.3 is 18.6 Å². The minimum Gasteiger partial charge on any atom is -0.493 e. The Morgan fingerprint density at radius 3 is 0.875 bits per heavy atom. The predicted molar refractivity (Wildman–Crippen MR) is 167 cm³/mol. The molecular formula is C34H32O4P2. The summed E-state index contributed by atoms with van der Waals surface area (Å²) in [4.78, 5) is 0. The number of hydrogen-bond acceptors (Lipinski definition) is 4. The summed E-state index contributed by atoms with van der Waals surface area (Å²) < 4.78 is 40.3. The van der Waals surface area contributed by atoms with Crippen molar-refractivity contribution in [2.24, 2.45) is 0 Å². The van der Waals surface area contributed by atoms with Gasteiger partial charge in [0.1, 0.15) is 25.8 Å². The van der Waals surface area contributed by atoms with E-state index in [9.17, 15) is 9.13 Å². The van der Waals surface area contributed by atoms with Gasteiger partial charge in [0.2, 0.25) is 0 Å². The van der Waals surface area contributed by atoms with Crippen LogP contribution >= 0.6 is 14.3 Å². The summed E-state index contributed by atoms with van der Waals surface area (Å²) in [5.74, 6) is 1.36. The first-order valence-electron chi connectivity index (χ1n) is 13.3. The fraction of sp³-hybridized carbons (Fsp3) is 0.118. The Hall–Kier alpha value is -3.84. The van der Waals surface area contributed by atoms with Crippen molar-refractivity contribution in [2.45, 2.75) is 0 Å². The van der Waals surface area contributed by atoms with Crippen LogP contribution in [-0.2, 0) is 9.13 Å². The molecule has 0 unspecified atom stereocenters. The van der Waals surface area contributed by atoms with Crippen molar-refractivity contribution in [1.29, 1.82) is 0 Å². The molecule has 5 rings (SSSR count). The van der Waals surface area contributed by atoms with E-state index in [1.165, 1.54) is 0 Å². The van der Waals surface area contributed by atoms with Gasteiger partial charge in [0.15, 0.2) is 0 Å². The lowest BCUT2D eigenvalue weighted by molar-refractivity contribution is 0.331. The molecule has 0 spiro atoms. The molecular weight excluding hydrogens is 534 g/mol. The molecule has 0 amide bonds. The third kappa shape index (κ3) is 6.48. The van der Waals surface area contributed by atoms with Crippen molar-refractivity contribution in [3.63, 3.8) is 0 Å². The van der Waals surface area contributed by atoms with E-state index >= 15 is 0 Å². The number of benzene rings is 5. The zero-order chi connectivity index (χ0) is 27.7. The van der Waals surface area contributed by atoms with E-state index in [1.54, 1.807) is 0 Å². The number of ether oxygens (including phenoxy) is 2. The molecule has 0 aliphatic heterocycles. The van der Waals surface area contributed by atoms with Gasteiger partial charge in [0, 0.05) is 33.5 Å². The van der Waals surface area contributed by atoms with Crippen LogP contribution in [0, 0.1) is 0 Å². The van der Waals surface area contributed by atoms with Gasteiger partial charge in [-0.05, 0) is 24.3 Å². The molecule has 0 N–H and O–H groups in total. The summed E-state index contributed by atoms with van der Waals surface area (Å²) in [6.45, 7) is 0.636. The molecule has 0 aromatic heterocycles. The third-order valence-electron chi connectivity index (χ3n) is 6.87. The first kappa shape index (κ1) is 27.7. The van der Waals surface area contributed by atoms with Crippen molar-refractivity contribution in [3.8, 4) is 11.5 Å². The average Bonchev–Trinajstić information content (AvgIpc) is 3.03. The van der Waals surface area contributed by atoms with Crippen LogP contribution in [0.1, 0.15) is 0 Å². The van der Waals surface area contributed by atoms with Gasteiger partial charge in [-0.15, -0.1) is 0 Å². The lowest BCUT2D eigenvalue weighted by atomic mass is 10.3. The van der Waals surface area contributed by atoms with Crippen molar-refractivity contribution in [3.05, 3.63) is 146 Å². The van der Waals surface area contributed by atoms with Crippen molar-refractivity contribution in [2.75, 3.05) is 25.5 Å². The fourth-order valence-corrected chi connectivity index (χ4v) is 9.65. The highest BCUT2D eigenvalue weighted by atomic mass is 31.2. The van der Waals surface area contributed by atoms with Crippen molar-refractivity contribution in [1.82, 2.24) is 0 Å². The Morgan fingerprint density at radius 1 is 0.375 bits per heavy atom. The SMILES string of the molecule is O=P(CCOc1ccc(OCCP(=O)(c2ccccc2)c2ccccc2)cc1)(c1ccccc1)c1ccccc1. The van der Waals surface area contributed by atoms with Crippen LogP contribution in [0.4, 0.5) is 0 Å². The van der Waals surface area contributed by atoms with Crippen LogP contribution in [0.3, 0.4) is 0 Å². The van der Waals surface area contributed by atoms with Crippen LogP contribution in [0.5, 0.6) is 11.5 Å². The standard InChI is InChI=1S/C34H32O4P2/c35-39(31-13-5-1-6-14-31,32-15-7-2-8-16-32)27-25-37-29-21-23-30(24-22-29)38-26-28-40(36,33-17-9-3-10-18-33)34-19-11-4-12-20-34/h1-24H,25-28H2. The quantitative estimate of drug-likeness (QED) is 0.163. The van der Waals surface area contributed by atoms with E-state index in [1.807, 2.05) is 146 Å². The molecule has 0 atom stereocenters. The zero-order valence-electron chi connectivity index (χ0n) is 22.2. The van der Waals surface area contributed by atoms with Crippen LogP contribution in [0.2, 0.25) is 0 Å². The molecule has 0 fully saturated rings. The summed E-state index contributed by atoms with van der Waals surface area (Å²) in [6, 6.07) is 45.9. The molecule has 0 aliphatic carbocycles. The second-order valence-electron chi connectivity index (χ2n) is 9.44. The third-order valence-corrected chi connectivity index (χ3v) is 13.0. The normalized spacial score (nSPS) is 11.6. The molecule has 5 aromatic carbocycles. The van der Waals surface area contributed by atoms with E-state index in [4.69, 9.17) is 9.47 Å². The molecule has 202 valence electrons. The highest BCUT2D eigenvalue weighted by Crippen LogP contribution is 2.44. The highest BCUT2D eigenvalue weighted by Gasteiger charge is 2.28. The molecule has 5 aromatic rings. The van der Waals surface area contributed by atoms with E-state index in [0.717, 1.165) is 21.2 Å². The average molecular weight is 567 g/mol. The lowest BCUT2D eigenvalue weighted by Gasteiger charge is -2.20. The van der Waals surface area contributed by atoms with Gasteiger partial charge in [-0.2, -0.15) is 0 Å². The highest BCUT2D eigenvalue weighted by molar-refractivity contribution is 7.79. The molecule has 4 nitrogen and oxygen atoms in total. The van der Waals surface area contributed by atoms with Gasteiger partial charge in [-0.1, -0.05) is 121 Å². The zero-order valence-corrected chi connectivity index (χ0v) is 24.0. The van der Waals surface area contributed by atoms with E-state index < -0.39 is 14.3 Å². The Labute approximate surface area is 236 Å². The summed E-state index contributed by atoms with van der Waals surface area (Å²) in [5.41, 5.74) is 0. The van der Waals surface area contributed by atoms with E-state index in [-0.39, 0.29) is 0 Å². The molecule has 0 bridgehead atoms. The summed E-state index contributed by atoms with van der Waals surface area (Å²) >= 11 is 0. The van der Waals surface area contributed by atoms with Gasteiger partial charge in [-0.25, -0.2) is 0 Å². The molecule has 0 radical (unpaired) electrons. The van der Waals surface area contributed by atoms with Crippen LogP contribution < -0.4 is 30.7 Å². The number of hydrogen-bond donors (Lipinski definition) is 0. The smallest absolute Gasteiger partial charge is 0.146 e. The topological polar surface area (TPSA) is 52.6 Å². The summed E-state index contributed by atoms with van der Waals surface area (Å²) in [5, 5.41) is 3.32. The molecule has 0 heterocycles. The van der Waals surface area contributed by atoms with Gasteiger partial charge in [0.25, 0.3) is 0 Å². The fourth-order valence-electron chi connectivity index (χ4n) is 4.71. The second kappa shape index (κ2) is 13.0. The van der Waals surface area contributed by atoms with Crippen LogP contribution in [0.25, 0.3) is 0 Å². The Bertz CT molecular complexity index is 1360. The largest absolute Gasteiger partial charge is 0.493 e. The predicted octanol–water partition coefficient (Wildman–Crippen LogP) is 6.47. The van der Waals surface area contributed by atoms with Gasteiger partial charge in [-0.3, -0.25) is 0 Å². The minimum atomic E-state index is -2.83. The van der Waals surface area contributed by atoms with Gasteiger partial charge >= 0.3 is 0 Å².